The molecule has 0 bridgehead atoms. The maximum absolute atomic E-state index is 11.5. The zero-order chi connectivity index (χ0) is 12.3. The minimum atomic E-state index is -3.46. The Morgan fingerprint density at radius 2 is 2.06 bits per heavy atom. The first kappa shape index (κ1) is 13.0. The molecule has 0 spiro atoms. The van der Waals surface area contributed by atoms with Crippen LogP contribution in [0.2, 0.25) is 0 Å². The largest absolute Gasteiger partial charge is 0.326 e. The average molecular weight is 262 g/mol. The zero-order valence-corrected chi connectivity index (χ0v) is 10.5. The molecule has 0 aliphatic heterocycles. The quantitative estimate of drug-likeness (QED) is 0.846. The second kappa shape index (κ2) is 4.84. The summed E-state index contributed by atoms with van der Waals surface area (Å²) in [5, 5.41) is 2.09. The van der Waals surface area contributed by atoms with Crippen LogP contribution in [0.4, 0.5) is 5.69 Å². The Morgan fingerprint density at radius 3 is 2.56 bits per heavy atom. The van der Waals surface area contributed by atoms with Crippen LogP contribution in [-0.2, 0) is 14.6 Å². The Bertz CT molecular complexity index is 511. The number of anilines is 1. The highest BCUT2D eigenvalue weighted by Crippen LogP contribution is 2.21. The third kappa shape index (κ3) is 2.96. The van der Waals surface area contributed by atoms with E-state index in [0.29, 0.717) is 5.69 Å². The molecule has 1 rings (SSSR count). The lowest BCUT2D eigenvalue weighted by atomic mass is 10.2. The van der Waals surface area contributed by atoms with Crippen molar-refractivity contribution in [2.45, 2.75) is 18.7 Å². The minimum Gasteiger partial charge on any atom is -0.326 e. The van der Waals surface area contributed by atoms with E-state index in [0.717, 1.165) is 5.56 Å². The van der Waals surface area contributed by atoms with E-state index in [2.05, 4.69) is 5.32 Å². The van der Waals surface area contributed by atoms with Gasteiger partial charge >= 0.3 is 0 Å². The van der Waals surface area contributed by atoms with E-state index in [4.69, 9.17) is 11.6 Å². The Balaban J connectivity index is 3.22. The molecule has 0 saturated heterocycles. The van der Waals surface area contributed by atoms with Crippen LogP contribution in [0.1, 0.15) is 12.5 Å². The lowest BCUT2D eigenvalue weighted by Crippen LogP contribution is -2.09. The van der Waals surface area contributed by atoms with E-state index in [1.165, 1.54) is 19.1 Å². The molecular formula is C10H12ClNO3S. The van der Waals surface area contributed by atoms with Crippen LogP contribution >= 0.6 is 11.6 Å². The van der Waals surface area contributed by atoms with Crippen LogP contribution in [-0.4, -0.2) is 19.5 Å². The molecule has 16 heavy (non-hydrogen) atoms. The first-order valence-corrected chi connectivity index (χ1v) is 6.72. The van der Waals surface area contributed by atoms with Crippen molar-refractivity contribution in [3.8, 4) is 0 Å². The zero-order valence-electron chi connectivity index (χ0n) is 8.95. The number of amides is 1. The van der Waals surface area contributed by atoms with Gasteiger partial charge in [0.25, 0.3) is 0 Å². The monoisotopic (exact) mass is 261 g/mol. The van der Waals surface area contributed by atoms with Crippen LogP contribution in [0.5, 0.6) is 0 Å². The van der Waals surface area contributed by atoms with E-state index in [1.54, 1.807) is 13.0 Å². The first-order chi connectivity index (χ1) is 7.36. The molecule has 0 heterocycles. The fourth-order valence-electron chi connectivity index (χ4n) is 1.18. The fraction of sp³-hybridized carbons (Fsp3) is 0.300. The van der Waals surface area contributed by atoms with Crippen molar-refractivity contribution in [3.05, 3.63) is 23.8 Å². The maximum atomic E-state index is 11.5. The van der Waals surface area contributed by atoms with Crippen molar-refractivity contribution in [2.75, 3.05) is 10.5 Å². The molecule has 4 nitrogen and oxygen atoms in total. The predicted molar refractivity (Wildman–Crippen MR) is 63.4 cm³/mol. The van der Waals surface area contributed by atoms with Gasteiger partial charge in [-0.3, -0.25) is 4.79 Å². The van der Waals surface area contributed by atoms with Crippen molar-refractivity contribution in [1.82, 2.24) is 0 Å². The van der Waals surface area contributed by atoms with Gasteiger partial charge in [0, 0.05) is 12.6 Å². The van der Waals surface area contributed by atoms with Crippen LogP contribution < -0.4 is 5.32 Å². The molecular weight excluding hydrogens is 250 g/mol. The van der Waals surface area contributed by atoms with Gasteiger partial charge < -0.3 is 5.32 Å². The van der Waals surface area contributed by atoms with Crippen LogP contribution in [0.25, 0.3) is 0 Å². The van der Waals surface area contributed by atoms with E-state index < -0.39 is 15.0 Å². The van der Waals surface area contributed by atoms with Gasteiger partial charge in [-0.2, -0.15) is 0 Å². The number of rotatable bonds is 3. The molecule has 88 valence electrons. The summed E-state index contributed by atoms with van der Waals surface area (Å²) in [6.45, 7) is 3.14. The van der Waals surface area contributed by atoms with E-state index >= 15 is 0 Å². The summed E-state index contributed by atoms with van der Waals surface area (Å²) in [6.07, 6.45) is 0. The highest BCUT2D eigenvalue weighted by molar-refractivity contribution is 7.92. The molecule has 0 aromatic heterocycles. The molecule has 0 aliphatic carbocycles. The topological polar surface area (TPSA) is 63.2 Å². The maximum Gasteiger partial charge on any atom is 0.221 e. The van der Waals surface area contributed by atoms with E-state index in [1.807, 2.05) is 0 Å². The molecule has 1 aromatic carbocycles. The minimum absolute atomic E-state index is 0.108. The Morgan fingerprint density at radius 1 is 1.44 bits per heavy atom. The number of carbonyl (C=O) groups excluding carboxylic acids is 1. The highest BCUT2D eigenvalue weighted by Gasteiger charge is 2.14. The van der Waals surface area contributed by atoms with Gasteiger partial charge in [0.15, 0.2) is 9.84 Å². The number of carbonyl (C=O) groups is 1. The van der Waals surface area contributed by atoms with Gasteiger partial charge in [-0.25, -0.2) is 8.42 Å². The third-order valence-electron chi connectivity index (χ3n) is 2.02. The molecule has 1 N–H and O–H groups in total. The summed E-state index contributed by atoms with van der Waals surface area (Å²) in [5.41, 5.74) is 1.28. The molecule has 0 aliphatic rings. The summed E-state index contributed by atoms with van der Waals surface area (Å²) in [7, 11) is -3.46. The standard InChI is InChI=1S/C10H12ClNO3S/c1-7-3-4-9(16(14,15)6-11)5-10(7)12-8(2)13/h3-5H,6H2,1-2H3,(H,12,13). The molecule has 0 saturated carbocycles. The summed E-state index contributed by atoms with van der Waals surface area (Å²) in [5.74, 6) is -0.247. The normalized spacial score (nSPS) is 11.2. The highest BCUT2D eigenvalue weighted by atomic mass is 35.5. The molecule has 1 amide bonds. The van der Waals surface area contributed by atoms with Crippen molar-refractivity contribution in [3.63, 3.8) is 0 Å². The molecule has 0 radical (unpaired) electrons. The Labute approximate surface area is 99.5 Å². The lowest BCUT2D eigenvalue weighted by Gasteiger charge is -2.08. The third-order valence-corrected chi connectivity index (χ3v) is 4.14. The van der Waals surface area contributed by atoms with Gasteiger partial charge in [0.2, 0.25) is 5.91 Å². The molecule has 0 unspecified atom stereocenters. The second-order valence-electron chi connectivity index (χ2n) is 3.38. The number of aryl methyl sites for hydroxylation is 1. The average Bonchev–Trinajstić information content (AvgIpc) is 2.20. The number of alkyl halides is 1. The number of hydrogen-bond acceptors (Lipinski definition) is 3. The van der Waals surface area contributed by atoms with Gasteiger partial charge in [0.1, 0.15) is 5.21 Å². The Kier molecular flexibility index (Phi) is 3.93. The van der Waals surface area contributed by atoms with Crippen molar-refractivity contribution in [1.29, 1.82) is 0 Å². The van der Waals surface area contributed by atoms with Crippen LogP contribution in [0.15, 0.2) is 23.1 Å². The number of sulfone groups is 1. The summed E-state index contributed by atoms with van der Waals surface area (Å²) < 4.78 is 23.0. The number of hydrogen-bond donors (Lipinski definition) is 1. The number of nitrogens with one attached hydrogen (secondary N) is 1. The summed E-state index contributed by atoms with van der Waals surface area (Å²) in [4.78, 5) is 11.0. The van der Waals surface area contributed by atoms with E-state index in [-0.39, 0.29) is 10.8 Å². The van der Waals surface area contributed by atoms with Crippen LogP contribution in [0, 0.1) is 6.92 Å². The number of halogens is 1. The van der Waals surface area contributed by atoms with Crippen molar-refractivity contribution in [2.24, 2.45) is 0 Å². The molecule has 1 aromatic rings. The van der Waals surface area contributed by atoms with Crippen molar-refractivity contribution >= 4 is 33.0 Å². The molecule has 0 fully saturated rings. The van der Waals surface area contributed by atoms with Gasteiger partial charge in [-0.1, -0.05) is 6.07 Å². The van der Waals surface area contributed by atoms with Crippen molar-refractivity contribution < 1.29 is 13.2 Å². The Hall–Kier alpha value is -1.07. The molecule has 6 heteroatoms. The lowest BCUT2D eigenvalue weighted by molar-refractivity contribution is -0.114. The first-order valence-electron chi connectivity index (χ1n) is 4.54. The fourth-order valence-corrected chi connectivity index (χ4v) is 2.26. The van der Waals surface area contributed by atoms with Gasteiger partial charge in [0.05, 0.1) is 4.90 Å². The SMILES string of the molecule is CC(=O)Nc1cc(S(=O)(=O)CCl)ccc1C. The van der Waals surface area contributed by atoms with Gasteiger partial charge in [-0.05, 0) is 24.6 Å². The predicted octanol–water partition coefficient (Wildman–Crippen LogP) is 1.92. The summed E-state index contributed by atoms with van der Waals surface area (Å²) in [6, 6.07) is 4.51. The van der Waals surface area contributed by atoms with Crippen LogP contribution in [0.3, 0.4) is 0 Å². The van der Waals surface area contributed by atoms with Gasteiger partial charge in [-0.15, -0.1) is 11.6 Å². The second-order valence-corrected chi connectivity index (χ2v) is 5.96. The smallest absolute Gasteiger partial charge is 0.221 e. The summed E-state index contributed by atoms with van der Waals surface area (Å²) >= 11 is 5.35. The molecule has 0 atom stereocenters. The number of benzene rings is 1. The van der Waals surface area contributed by atoms with E-state index in [9.17, 15) is 13.2 Å².